The molecule has 0 aliphatic heterocycles. The Balaban J connectivity index is 1.85. The maximum Gasteiger partial charge on any atom is 0.239 e. The van der Waals surface area contributed by atoms with Crippen molar-refractivity contribution in [3.63, 3.8) is 0 Å². The zero-order chi connectivity index (χ0) is 18.4. The fourth-order valence-corrected chi connectivity index (χ4v) is 2.29. The number of hydrogen-bond donors (Lipinski definition) is 2. The van der Waals surface area contributed by atoms with Gasteiger partial charge in [0.05, 0.1) is 25.9 Å². The number of anilines is 2. The number of aromatic nitrogens is 1. The monoisotopic (exact) mass is 366 g/mol. The van der Waals surface area contributed by atoms with Crippen LogP contribution >= 0.6 is 11.6 Å². The Morgan fingerprint density at radius 2 is 1.92 bits per heavy atom. The van der Waals surface area contributed by atoms with Crippen molar-refractivity contribution in [2.45, 2.75) is 6.92 Å². The molecule has 0 unspecified atom stereocenters. The van der Waals surface area contributed by atoms with Crippen molar-refractivity contribution in [3.05, 3.63) is 35.0 Å². The first-order valence-electron chi connectivity index (χ1n) is 7.42. The largest absolute Gasteiger partial charge is 0.495 e. The SMILES string of the molecule is COc1ccc(Cl)cc1NC(=O)CN(C)CC(=O)Nc1cc(C)on1. The molecule has 0 aliphatic rings. The molecule has 2 rings (SSSR count). The zero-order valence-corrected chi connectivity index (χ0v) is 14.9. The van der Waals surface area contributed by atoms with Crippen LogP contribution in [0.2, 0.25) is 5.02 Å². The van der Waals surface area contributed by atoms with E-state index in [1.54, 1.807) is 43.1 Å². The second kappa shape index (κ2) is 8.50. The Morgan fingerprint density at radius 1 is 1.24 bits per heavy atom. The lowest BCUT2D eigenvalue weighted by molar-refractivity contribution is -0.119. The van der Waals surface area contributed by atoms with E-state index in [0.717, 1.165) is 0 Å². The van der Waals surface area contributed by atoms with Gasteiger partial charge in [0, 0.05) is 11.1 Å². The second-order valence-corrected chi connectivity index (χ2v) is 5.87. The van der Waals surface area contributed by atoms with Gasteiger partial charge in [0.2, 0.25) is 11.8 Å². The van der Waals surface area contributed by atoms with Crippen LogP contribution in [0.1, 0.15) is 5.76 Å². The second-order valence-electron chi connectivity index (χ2n) is 5.44. The standard InChI is InChI=1S/C16H19ClN4O4/c1-10-6-14(20-25-10)19-16(23)9-21(2)8-15(22)18-12-7-11(17)4-5-13(12)24-3/h4-7H,8-9H2,1-3H3,(H,18,22)(H,19,20,23). The molecule has 0 aliphatic carbocycles. The van der Waals surface area contributed by atoms with Crippen LogP contribution in [0.5, 0.6) is 5.75 Å². The molecule has 25 heavy (non-hydrogen) atoms. The molecule has 9 heteroatoms. The third-order valence-electron chi connectivity index (χ3n) is 3.16. The molecule has 2 N–H and O–H groups in total. The maximum atomic E-state index is 12.1. The fraction of sp³-hybridized carbons (Fsp3) is 0.312. The smallest absolute Gasteiger partial charge is 0.239 e. The number of carbonyl (C=O) groups excluding carboxylic acids is 2. The van der Waals surface area contributed by atoms with E-state index in [-0.39, 0.29) is 24.9 Å². The van der Waals surface area contributed by atoms with E-state index in [1.807, 2.05) is 0 Å². The molecular weight excluding hydrogens is 348 g/mol. The summed E-state index contributed by atoms with van der Waals surface area (Å²) in [6.45, 7) is 1.76. The summed E-state index contributed by atoms with van der Waals surface area (Å²) in [5.74, 6) is 0.833. The number of hydrogen-bond acceptors (Lipinski definition) is 6. The Morgan fingerprint density at radius 3 is 2.52 bits per heavy atom. The number of methoxy groups -OCH3 is 1. The highest BCUT2D eigenvalue weighted by Gasteiger charge is 2.14. The third kappa shape index (κ3) is 5.77. The normalized spacial score (nSPS) is 10.6. The first-order chi connectivity index (χ1) is 11.9. The number of ether oxygens (including phenoxy) is 1. The van der Waals surface area contributed by atoms with Gasteiger partial charge in [-0.1, -0.05) is 16.8 Å². The van der Waals surface area contributed by atoms with Gasteiger partial charge in [-0.2, -0.15) is 0 Å². The molecule has 134 valence electrons. The van der Waals surface area contributed by atoms with Crippen LogP contribution in [0, 0.1) is 6.92 Å². The van der Waals surface area contributed by atoms with Gasteiger partial charge in [0.1, 0.15) is 11.5 Å². The van der Waals surface area contributed by atoms with E-state index in [4.69, 9.17) is 20.9 Å². The Hall–Kier alpha value is -2.58. The van der Waals surface area contributed by atoms with E-state index in [2.05, 4.69) is 15.8 Å². The van der Waals surface area contributed by atoms with Crippen LogP contribution in [0.4, 0.5) is 11.5 Å². The van der Waals surface area contributed by atoms with Crippen LogP contribution in [0.15, 0.2) is 28.8 Å². The maximum absolute atomic E-state index is 12.1. The van der Waals surface area contributed by atoms with Gasteiger partial charge in [-0.15, -0.1) is 0 Å². The lowest BCUT2D eigenvalue weighted by Crippen LogP contribution is -2.36. The minimum absolute atomic E-state index is 0.0148. The van der Waals surface area contributed by atoms with Crippen LogP contribution < -0.4 is 15.4 Å². The Kier molecular flexibility index (Phi) is 6.37. The summed E-state index contributed by atoms with van der Waals surface area (Å²) in [7, 11) is 3.16. The molecule has 0 spiro atoms. The molecule has 8 nitrogen and oxygen atoms in total. The molecule has 0 saturated heterocycles. The molecule has 2 aromatic rings. The van der Waals surface area contributed by atoms with Crippen molar-refractivity contribution >= 4 is 34.9 Å². The van der Waals surface area contributed by atoms with E-state index in [9.17, 15) is 9.59 Å². The number of benzene rings is 1. The van der Waals surface area contributed by atoms with Crippen molar-refractivity contribution in [1.82, 2.24) is 10.1 Å². The summed E-state index contributed by atoms with van der Waals surface area (Å²) >= 11 is 5.93. The molecule has 0 atom stereocenters. The molecule has 1 aromatic carbocycles. The minimum atomic E-state index is -0.302. The van der Waals surface area contributed by atoms with E-state index in [0.29, 0.717) is 28.0 Å². The highest BCUT2D eigenvalue weighted by atomic mass is 35.5. The lowest BCUT2D eigenvalue weighted by Gasteiger charge is -2.16. The first-order valence-corrected chi connectivity index (χ1v) is 7.80. The van der Waals surface area contributed by atoms with Gasteiger partial charge in [0.15, 0.2) is 5.82 Å². The van der Waals surface area contributed by atoms with Crippen LogP contribution in [-0.2, 0) is 9.59 Å². The predicted octanol–water partition coefficient (Wildman–Crippen LogP) is 2.15. The van der Waals surface area contributed by atoms with E-state index < -0.39 is 0 Å². The molecular formula is C16H19ClN4O4. The van der Waals surface area contributed by atoms with Crippen molar-refractivity contribution in [2.24, 2.45) is 0 Å². The van der Waals surface area contributed by atoms with E-state index >= 15 is 0 Å². The average molecular weight is 367 g/mol. The van der Waals surface area contributed by atoms with Gasteiger partial charge >= 0.3 is 0 Å². The molecule has 1 heterocycles. The third-order valence-corrected chi connectivity index (χ3v) is 3.39. The topological polar surface area (TPSA) is 96.7 Å². The Bertz CT molecular complexity index is 762. The van der Waals surface area contributed by atoms with Gasteiger partial charge < -0.3 is 19.9 Å². The zero-order valence-electron chi connectivity index (χ0n) is 14.1. The van der Waals surface area contributed by atoms with E-state index in [1.165, 1.54) is 7.11 Å². The fourth-order valence-electron chi connectivity index (χ4n) is 2.12. The number of halogens is 1. The van der Waals surface area contributed by atoms with Gasteiger partial charge in [0.25, 0.3) is 0 Å². The predicted molar refractivity (Wildman–Crippen MR) is 94.0 cm³/mol. The van der Waals surface area contributed by atoms with Crippen LogP contribution in [-0.4, -0.2) is 49.1 Å². The summed E-state index contributed by atoms with van der Waals surface area (Å²) in [6, 6.07) is 6.53. The number of likely N-dealkylation sites (N-methyl/N-ethyl adjacent to an activating group) is 1. The number of aryl methyl sites for hydroxylation is 1. The number of rotatable bonds is 7. The lowest BCUT2D eigenvalue weighted by atomic mass is 10.3. The first kappa shape index (κ1) is 18.8. The molecule has 0 fully saturated rings. The van der Waals surface area contributed by atoms with Crippen molar-refractivity contribution in [2.75, 3.05) is 37.9 Å². The summed E-state index contributed by atoms with van der Waals surface area (Å²) in [5, 5.41) is 9.45. The Labute approximate surface area is 150 Å². The number of nitrogens with one attached hydrogen (secondary N) is 2. The number of carbonyl (C=O) groups is 2. The van der Waals surface area contributed by atoms with Crippen molar-refractivity contribution in [1.29, 1.82) is 0 Å². The summed E-state index contributed by atoms with van der Waals surface area (Å²) in [6.07, 6.45) is 0. The van der Waals surface area contributed by atoms with Crippen molar-refractivity contribution in [3.8, 4) is 5.75 Å². The highest BCUT2D eigenvalue weighted by molar-refractivity contribution is 6.31. The van der Waals surface area contributed by atoms with Gasteiger partial charge in [-0.25, -0.2) is 0 Å². The van der Waals surface area contributed by atoms with Crippen molar-refractivity contribution < 1.29 is 18.8 Å². The molecule has 0 saturated carbocycles. The van der Waals surface area contributed by atoms with Crippen LogP contribution in [0.25, 0.3) is 0 Å². The van der Waals surface area contributed by atoms with Gasteiger partial charge in [-0.05, 0) is 32.2 Å². The number of nitrogens with zero attached hydrogens (tertiary/aromatic N) is 2. The molecule has 0 bridgehead atoms. The molecule has 2 amide bonds. The highest BCUT2D eigenvalue weighted by Crippen LogP contribution is 2.27. The quantitative estimate of drug-likeness (QED) is 0.779. The summed E-state index contributed by atoms with van der Waals surface area (Å²) in [4.78, 5) is 25.6. The summed E-state index contributed by atoms with van der Waals surface area (Å²) in [5.41, 5.74) is 0.468. The summed E-state index contributed by atoms with van der Waals surface area (Å²) < 4.78 is 10.0. The number of amides is 2. The minimum Gasteiger partial charge on any atom is -0.495 e. The molecule has 1 aromatic heterocycles. The average Bonchev–Trinajstić information content (AvgIpc) is 2.91. The van der Waals surface area contributed by atoms with Gasteiger partial charge in [-0.3, -0.25) is 14.5 Å². The van der Waals surface area contributed by atoms with Crippen LogP contribution in [0.3, 0.4) is 0 Å². The molecule has 0 radical (unpaired) electrons.